The summed E-state index contributed by atoms with van der Waals surface area (Å²) < 4.78 is 5.60. The van der Waals surface area contributed by atoms with Crippen molar-refractivity contribution in [3.8, 4) is 0 Å². The Hall–Kier alpha value is -1.39. The maximum Gasteiger partial charge on any atom is 0.253 e. The Morgan fingerprint density at radius 2 is 1.86 bits per heavy atom. The van der Waals surface area contributed by atoms with E-state index < -0.39 is 0 Å². The van der Waals surface area contributed by atoms with E-state index in [1.54, 1.807) is 7.11 Å². The minimum absolute atomic E-state index is 0.153. The summed E-state index contributed by atoms with van der Waals surface area (Å²) in [6, 6.07) is 7.88. The minimum atomic E-state index is 0.153. The van der Waals surface area contributed by atoms with E-state index in [0.717, 1.165) is 25.1 Å². The number of hydrogen-bond donors (Lipinski definition) is 1. The molecular weight excluding hydrogens is 264 g/mol. The van der Waals surface area contributed by atoms with Crippen molar-refractivity contribution in [2.24, 2.45) is 17.6 Å². The first-order valence-corrected chi connectivity index (χ1v) is 7.84. The van der Waals surface area contributed by atoms with Gasteiger partial charge in [-0.15, -0.1) is 0 Å². The number of piperidine rings is 1. The average Bonchev–Trinajstić information content (AvgIpc) is 2.76. The molecule has 2 bridgehead atoms. The highest BCUT2D eigenvalue weighted by molar-refractivity contribution is 5.94. The van der Waals surface area contributed by atoms with Gasteiger partial charge >= 0.3 is 0 Å². The number of likely N-dealkylation sites (tertiary alicyclic amines) is 1. The predicted molar refractivity (Wildman–Crippen MR) is 82.1 cm³/mol. The minimum Gasteiger partial charge on any atom is -0.381 e. The average molecular weight is 288 g/mol. The van der Waals surface area contributed by atoms with Crippen LogP contribution < -0.4 is 5.73 Å². The molecule has 2 fully saturated rings. The van der Waals surface area contributed by atoms with Gasteiger partial charge in [0.1, 0.15) is 0 Å². The molecule has 0 spiro atoms. The van der Waals surface area contributed by atoms with Crippen molar-refractivity contribution in [1.29, 1.82) is 0 Å². The van der Waals surface area contributed by atoms with Crippen LogP contribution in [0.15, 0.2) is 24.3 Å². The van der Waals surface area contributed by atoms with Crippen molar-refractivity contribution < 1.29 is 9.53 Å². The SMILES string of the molecule is COC1[C@@H]2CC[C@H]1CN(C(=O)c1ccc(CCN)cc1)C2. The molecule has 1 amide bonds. The number of methoxy groups -OCH3 is 1. The van der Waals surface area contributed by atoms with Crippen LogP contribution >= 0.6 is 0 Å². The third-order valence-corrected chi connectivity index (χ3v) is 4.94. The molecule has 1 aromatic carbocycles. The molecule has 1 aliphatic carbocycles. The van der Waals surface area contributed by atoms with Crippen LogP contribution in [0.1, 0.15) is 28.8 Å². The van der Waals surface area contributed by atoms with E-state index in [-0.39, 0.29) is 5.91 Å². The van der Waals surface area contributed by atoms with Gasteiger partial charge < -0.3 is 15.4 Å². The molecule has 1 heterocycles. The van der Waals surface area contributed by atoms with Gasteiger partial charge in [-0.3, -0.25) is 4.79 Å². The molecule has 1 saturated carbocycles. The lowest BCUT2D eigenvalue weighted by Gasteiger charge is -2.37. The van der Waals surface area contributed by atoms with Crippen LogP contribution in [0.4, 0.5) is 0 Å². The molecule has 1 unspecified atom stereocenters. The highest BCUT2D eigenvalue weighted by atomic mass is 16.5. The third-order valence-electron chi connectivity index (χ3n) is 4.94. The first-order valence-electron chi connectivity index (χ1n) is 7.84. The normalized spacial score (nSPS) is 27.9. The summed E-state index contributed by atoms with van der Waals surface area (Å²) in [5.41, 5.74) is 7.52. The molecule has 1 aromatic rings. The Morgan fingerprint density at radius 3 is 2.38 bits per heavy atom. The summed E-state index contributed by atoms with van der Waals surface area (Å²) in [4.78, 5) is 14.7. The van der Waals surface area contributed by atoms with Crippen LogP contribution in [-0.2, 0) is 11.2 Å². The zero-order valence-electron chi connectivity index (χ0n) is 12.6. The van der Waals surface area contributed by atoms with Gasteiger partial charge in [0.15, 0.2) is 0 Å². The van der Waals surface area contributed by atoms with Gasteiger partial charge in [-0.1, -0.05) is 12.1 Å². The zero-order chi connectivity index (χ0) is 14.8. The fourth-order valence-corrected chi connectivity index (χ4v) is 3.89. The molecule has 21 heavy (non-hydrogen) atoms. The van der Waals surface area contributed by atoms with E-state index in [2.05, 4.69) is 0 Å². The fourth-order valence-electron chi connectivity index (χ4n) is 3.89. The summed E-state index contributed by atoms with van der Waals surface area (Å²) in [6.45, 7) is 2.30. The Morgan fingerprint density at radius 1 is 1.24 bits per heavy atom. The largest absolute Gasteiger partial charge is 0.381 e. The molecule has 4 nitrogen and oxygen atoms in total. The van der Waals surface area contributed by atoms with Gasteiger partial charge in [-0.05, 0) is 43.5 Å². The lowest BCUT2D eigenvalue weighted by molar-refractivity contribution is -0.0113. The molecule has 0 radical (unpaired) electrons. The van der Waals surface area contributed by atoms with Crippen molar-refractivity contribution in [3.63, 3.8) is 0 Å². The van der Waals surface area contributed by atoms with Crippen molar-refractivity contribution >= 4 is 5.91 Å². The number of benzene rings is 1. The number of carbonyl (C=O) groups is 1. The summed E-state index contributed by atoms with van der Waals surface area (Å²) >= 11 is 0. The van der Waals surface area contributed by atoms with E-state index in [0.29, 0.717) is 24.5 Å². The molecule has 4 heteroatoms. The Balaban J connectivity index is 1.69. The topological polar surface area (TPSA) is 55.6 Å². The smallest absolute Gasteiger partial charge is 0.253 e. The van der Waals surface area contributed by atoms with Crippen molar-refractivity contribution in [1.82, 2.24) is 4.90 Å². The number of fused-ring (bicyclic) bond motifs is 2. The summed E-state index contributed by atoms with van der Waals surface area (Å²) in [6.07, 6.45) is 3.57. The molecule has 3 rings (SSSR count). The van der Waals surface area contributed by atoms with Gasteiger partial charge in [-0.25, -0.2) is 0 Å². The van der Waals surface area contributed by atoms with Crippen molar-refractivity contribution in [2.75, 3.05) is 26.7 Å². The van der Waals surface area contributed by atoms with E-state index in [9.17, 15) is 4.79 Å². The van der Waals surface area contributed by atoms with Gasteiger partial charge in [0, 0.05) is 37.6 Å². The van der Waals surface area contributed by atoms with Gasteiger partial charge in [-0.2, -0.15) is 0 Å². The standard InChI is InChI=1S/C17H24N2O2/c1-21-16-14-6-7-15(16)11-19(10-14)17(20)13-4-2-12(3-5-13)8-9-18/h2-5,14-16H,6-11,18H2,1H3/t14-,15+,16?. The summed E-state index contributed by atoms with van der Waals surface area (Å²) in [5.74, 6) is 1.17. The van der Waals surface area contributed by atoms with Crippen LogP contribution in [0.3, 0.4) is 0 Å². The number of amides is 1. The molecule has 1 saturated heterocycles. The maximum absolute atomic E-state index is 12.6. The Kier molecular flexibility index (Phi) is 4.27. The monoisotopic (exact) mass is 288 g/mol. The second kappa shape index (κ2) is 6.16. The van der Waals surface area contributed by atoms with Crippen LogP contribution in [0.25, 0.3) is 0 Å². The second-order valence-corrected chi connectivity index (χ2v) is 6.24. The first kappa shape index (κ1) is 14.5. The van der Waals surface area contributed by atoms with Crippen LogP contribution in [0.2, 0.25) is 0 Å². The van der Waals surface area contributed by atoms with E-state index in [4.69, 9.17) is 10.5 Å². The molecule has 3 atom stereocenters. The zero-order valence-corrected chi connectivity index (χ0v) is 12.6. The highest BCUT2D eigenvalue weighted by Crippen LogP contribution is 2.38. The number of hydrogen-bond acceptors (Lipinski definition) is 3. The maximum atomic E-state index is 12.6. The Bertz CT molecular complexity index is 486. The lowest BCUT2D eigenvalue weighted by atomic mass is 9.94. The van der Waals surface area contributed by atoms with Crippen molar-refractivity contribution in [3.05, 3.63) is 35.4 Å². The number of carbonyl (C=O) groups excluding carboxylic acids is 1. The van der Waals surface area contributed by atoms with Crippen LogP contribution in [-0.4, -0.2) is 43.7 Å². The molecule has 1 aliphatic heterocycles. The molecule has 2 N–H and O–H groups in total. The van der Waals surface area contributed by atoms with Crippen molar-refractivity contribution in [2.45, 2.75) is 25.4 Å². The summed E-state index contributed by atoms with van der Waals surface area (Å²) in [7, 11) is 1.80. The predicted octanol–water partition coefficient (Wildman–Crippen LogP) is 1.68. The van der Waals surface area contributed by atoms with Gasteiger partial charge in [0.2, 0.25) is 0 Å². The lowest BCUT2D eigenvalue weighted by Crippen LogP contribution is -2.48. The fraction of sp³-hybridized carbons (Fsp3) is 0.588. The van der Waals surface area contributed by atoms with E-state index >= 15 is 0 Å². The van der Waals surface area contributed by atoms with Crippen LogP contribution in [0.5, 0.6) is 0 Å². The van der Waals surface area contributed by atoms with E-state index in [1.165, 1.54) is 18.4 Å². The molecule has 2 aliphatic rings. The first-order chi connectivity index (χ1) is 10.2. The molecular formula is C17H24N2O2. The van der Waals surface area contributed by atoms with Gasteiger partial charge in [0.25, 0.3) is 5.91 Å². The molecule has 114 valence electrons. The molecule has 0 aromatic heterocycles. The number of nitrogens with zero attached hydrogens (tertiary/aromatic N) is 1. The Labute approximate surface area is 126 Å². The highest BCUT2D eigenvalue weighted by Gasteiger charge is 2.43. The second-order valence-electron chi connectivity index (χ2n) is 6.24. The van der Waals surface area contributed by atoms with E-state index in [1.807, 2.05) is 29.2 Å². The summed E-state index contributed by atoms with van der Waals surface area (Å²) in [5, 5.41) is 0. The van der Waals surface area contributed by atoms with Gasteiger partial charge in [0.05, 0.1) is 6.10 Å². The van der Waals surface area contributed by atoms with Crippen LogP contribution in [0, 0.1) is 11.8 Å². The number of nitrogens with two attached hydrogens (primary N) is 1. The number of rotatable bonds is 4. The quantitative estimate of drug-likeness (QED) is 0.917. The number of ether oxygens (including phenoxy) is 1. The third kappa shape index (κ3) is 2.83.